The van der Waals surface area contributed by atoms with E-state index >= 15 is 0 Å². The molecule has 1 aliphatic rings. The Morgan fingerprint density at radius 2 is 2.04 bits per heavy atom. The summed E-state index contributed by atoms with van der Waals surface area (Å²) in [4.78, 5) is 36.4. The highest BCUT2D eigenvalue weighted by atomic mass is 19.1. The number of amides is 2. The molecule has 8 heteroatoms. The molecule has 1 heterocycles. The van der Waals surface area contributed by atoms with E-state index in [2.05, 4.69) is 5.32 Å². The number of nitrogens with zero attached hydrogens (tertiary/aromatic N) is 1. The van der Waals surface area contributed by atoms with Gasteiger partial charge in [0.1, 0.15) is 11.6 Å². The van der Waals surface area contributed by atoms with Gasteiger partial charge in [-0.3, -0.25) is 14.4 Å². The smallest absolute Gasteiger partial charge is 0.309 e. The summed E-state index contributed by atoms with van der Waals surface area (Å²) in [6, 6.07) is 2.90. The average Bonchev–Trinajstić information content (AvgIpc) is 2.89. The fraction of sp³-hybridized carbons (Fsp3) is 0.471. The lowest BCUT2D eigenvalue weighted by Crippen LogP contribution is -2.36. The Kier molecular flexibility index (Phi) is 5.39. The zero-order chi connectivity index (χ0) is 18.8. The lowest BCUT2D eigenvalue weighted by Gasteiger charge is -2.20. The highest BCUT2D eigenvalue weighted by Gasteiger charge is 2.36. The second-order valence-electron chi connectivity index (χ2n) is 6.73. The van der Waals surface area contributed by atoms with Crippen molar-refractivity contribution in [2.24, 2.45) is 11.3 Å². The number of hydrogen-bond acceptors (Lipinski definition) is 3. The van der Waals surface area contributed by atoms with E-state index in [1.165, 1.54) is 0 Å². The molecule has 1 aromatic rings. The normalized spacial score (nSPS) is 17.7. The van der Waals surface area contributed by atoms with Crippen molar-refractivity contribution in [2.75, 3.05) is 18.0 Å². The van der Waals surface area contributed by atoms with Crippen LogP contribution in [0.4, 0.5) is 14.5 Å². The van der Waals surface area contributed by atoms with Crippen LogP contribution in [-0.2, 0) is 14.4 Å². The van der Waals surface area contributed by atoms with Gasteiger partial charge in [0.15, 0.2) is 0 Å². The van der Waals surface area contributed by atoms with Crippen molar-refractivity contribution >= 4 is 23.5 Å². The van der Waals surface area contributed by atoms with E-state index < -0.39 is 34.8 Å². The number of carbonyl (C=O) groups is 3. The van der Waals surface area contributed by atoms with Crippen LogP contribution in [0, 0.1) is 23.0 Å². The first-order chi connectivity index (χ1) is 11.6. The zero-order valence-electron chi connectivity index (χ0n) is 14.0. The third-order valence-electron chi connectivity index (χ3n) is 4.32. The largest absolute Gasteiger partial charge is 0.481 e. The number of rotatable bonds is 6. The van der Waals surface area contributed by atoms with Gasteiger partial charge in [0, 0.05) is 25.6 Å². The summed E-state index contributed by atoms with van der Waals surface area (Å²) < 4.78 is 26.8. The van der Waals surface area contributed by atoms with Crippen molar-refractivity contribution in [1.82, 2.24) is 5.32 Å². The number of carboxylic acid groups (broad SMARTS) is 1. The van der Waals surface area contributed by atoms with E-state index in [1.54, 1.807) is 13.8 Å². The van der Waals surface area contributed by atoms with Crippen LogP contribution in [0.25, 0.3) is 0 Å². The number of nitrogens with one attached hydrogen (secondary N) is 1. The number of benzene rings is 1. The molecule has 1 fully saturated rings. The van der Waals surface area contributed by atoms with E-state index in [1.807, 2.05) is 0 Å². The maximum atomic E-state index is 13.8. The molecule has 1 aromatic carbocycles. The van der Waals surface area contributed by atoms with Gasteiger partial charge in [-0.1, -0.05) is 0 Å². The minimum atomic E-state index is -0.970. The molecule has 0 aliphatic carbocycles. The first-order valence-corrected chi connectivity index (χ1v) is 7.88. The Bertz CT molecular complexity index is 706. The van der Waals surface area contributed by atoms with Crippen LogP contribution in [0.5, 0.6) is 0 Å². The summed E-state index contributed by atoms with van der Waals surface area (Å²) in [6.07, 6.45) is 0.163. The van der Waals surface area contributed by atoms with Crippen LogP contribution in [-0.4, -0.2) is 36.0 Å². The third-order valence-corrected chi connectivity index (χ3v) is 4.32. The van der Waals surface area contributed by atoms with Crippen LogP contribution >= 0.6 is 0 Å². The fourth-order valence-electron chi connectivity index (χ4n) is 2.57. The topological polar surface area (TPSA) is 86.7 Å². The van der Waals surface area contributed by atoms with Crippen molar-refractivity contribution in [2.45, 2.75) is 26.7 Å². The van der Waals surface area contributed by atoms with Gasteiger partial charge in [0.25, 0.3) is 0 Å². The lowest BCUT2D eigenvalue weighted by molar-refractivity contribution is -0.147. The molecule has 2 rings (SSSR count). The van der Waals surface area contributed by atoms with Gasteiger partial charge in [-0.2, -0.15) is 0 Å². The summed E-state index contributed by atoms with van der Waals surface area (Å²) in [7, 11) is 0. The summed E-state index contributed by atoms with van der Waals surface area (Å²) in [6.45, 7) is 3.27. The number of carboxylic acids is 1. The summed E-state index contributed by atoms with van der Waals surface area (Å²) in [5, 5.41) is 11.6. The molecule has 1 saturated heterocycles. The number of carbonyl (C=O) groups excluding carboxylic acids is 2. The SMILES string of the molecule is CC(C)(CCNC(=O)C1CC(=O)N(c2ccc(F)cc2F)C1)C(=O)O. The highest BCUT2D eigenvalue weighted by Crippen LogP contribution is 2.28. The molecule has 1 atom stereocenters. The second kappa shape index (κ2) is 7.16. The molecule has 0 saturated carbocycles. The molecule has 1 aliphatic heterocycles. The third kappa shape index (κ3) is 4.32. The van der Waals surface area contributed by atoms with Gasteiger partial charge in [-0.05, 0) is 32.4 Å². The van der Waals surface area contributed by atoms with Gasteiger partial charge < -0.3 is 15.3 Å². The molecule has 0 bridgehead atoms. The Labute approximate surface area is 143 Å². The van der Waals surface area contributed by atoms with Crippen LogP contribution in [0.3, 0.4) is 0 Å². The average molecular weight is 354 g/mol. The number of halogens is 2. The predicted octanol–water partition coefficient (Wildman–Crippen LogP) is 1.93. The Morgan fingerprint density at radius 3 is 2.64 bits per heavy atom. The highest BCUT2D eigenvalue weighted by molar-refractivity contribution is 6.00. The van der Waals surface area contributed by atoms with Gasteiger partial charge in [0.05, 0.1) is 17.0 Å². The first-order valence-electron chi connectivity index (χ1n) is 7.88. The minimum Gasteiger partial charge on any atom is -0.481 e. The Morgan fingerprint density at radius 1 is 1.36 bits per heavy atom. The van der Waals surface area contributed by atoms with Crippen LogP contribution in [0.1, 0.15) is 26.7 Å². The molecular formula is C17H20F2N2O4. The quantitative estimate of drug-likeness (QED) is 0.817. The lowest BCUT2D eigenvalue weighted by atomic mass is 9.89. The maximum Gasteiger partial charge on any atom is 0.309 e. The fourth-order valence-corrected chi connectivity index (χ4v) is 2.57. The van der Waals surface area contributed by atoms with E-state index in [0.29, 0.717) is 6.07 Å². The van der Waals surface area contributed by atoms with Gasteiger partial charge in [-0.25, -0.2) is 8.78 Å². The molecule has 0 radical (unpaired) electrons. The van der Waals surface area contributed by atoms with Crippen molar-refractivity contribution in [3.05, 3.63) is 29.8 Å². The number of aliphatic carboxylic acids is 1. The second-order valence-corrected chi connectivity index (χ2v) is 6.73. The van der Waals surface area contributed by atoms with Gasteiger partial charge in [0.2, 0.25) is 11.8 Å². The van der Waals surface area contributed by atoms with Crippen molar-refractivity contribution in [3.63, 3.8) is 0 Å². The molecule has 136 valence electrons. The predicted molar refractivity (Wildman–Crippen MR) is 85.9 cm³/mol. The van der Waals surface area contributed by atoms with E-state index in [0.717, 1.165) is 17.0 Å². The molecule has 25 heavy (non-hydrogen) atoms. The van der Waals surface area contributed by atoms with Crippen LogP contribution in [0.15, 0.2) is 18.2 Å². The first kappa shape index (κ1) is 18.8. The molecule has 0 spiro atoms. The summed E-state index contributed by atoms with van der Waals surface area (Å²) >= 11 is 0. The maximum absolute atomic E-state index is 13.8. The molecular weight excluding hydrogens is 334 g/mol. The number of hydrogen-bond donors (Lipinski definition) is 2. The summed E-state index contributed by atoms with van der Waals surface area (Å²) in [5.74, 6) is -4.04. The summed E-state index contributed by atoms with van der Waals surface area (Å²) in [5.41, 5.74) is -1.03. The van der Waals surface area contributed by atoms with Crippen LogP contribution in [0.2, 0.25) is 0 Å². The monoisotopic (exact) mass is 354 g/mol. The molecule has 1 unspecified atom stereocenters. The van der Waals surface area contributed by atoms with E-state index in [9.17, 15) is 23.2 Å². The minimum absolute atomic E-state index is 0.00442. The molecule has 6 nitrogen and oxygen atoms in total. The zero-order valence-corrected chi connectivity index (χ0v) is 14.0. The van der Waals surface area contributed by atoms with Crippen molar-refractivity contribution in [3.8, 4) is 0 Å². The van der Waals surface area contributed by atoms with E-state index in [4.69, 9.17) is 5.11 Å². The molecule has 2 amide bonds. The van der Waals surface area contributed by atoms with Crippen molar-refractivity contribution in [1.29, 1.82) is 0 Å². The Balaban J connectivity index is 1.95. The van der Waals surface area contributed by atoms with Gasteiger partial charge in [-0.15, -0.1) is 0 Å². The Hall–Kier alpha value is -2.51. The molecule has 0 aromatic heterocycles. The number of anilines is 1. The standard InChI is InChI=1S/C17H20F2N2O4/c1-17(2,16(24)25)5-6-20-15(23)10-7-14(22)21(9-10)13-4-3-11(18)8-12(13)19/h3-4,8,10H,5-7,9H2,1-2H3,(H,20,23)(H,24,25). The van der Waals surface area contributed by atoms with E-state index in [-0.39, 0.29) is 37.5 Å². The van der Waals surface area contributed by atoms with Crippen molar-refractivity contribution < 1.29 is 28.3 Å². The molecule has 2 N–H and O–H groups in total. The van der Waals surface area contributed by atoms with Gasteiger partial charge >= 0.3 is 5.97 Å². The van der Waals surface area contributed by atoms with Crippen LogP contribution < -0.4 is 10.2 Å².